The van der Waals surface area contributed by atoms with Gasteiger partial charge in [-0.2, -0.15) is 0 Å². The van der Waals surface area contributed by atoms with Crippen molar-refractivity contribution in [3.63, 3.8) is 0 Å². The van der Waals surface area contributed by atoms with E-state index in [1.807, 2.05) is 19.1 Å². The maximum atomic E-state index is 11.7. The molecule has 0 aromatic heterocycles. The van der Waals surface area contributed by atoms with Crippen molar-refractivity contribution >= 4 is 34.8 Å². The summed E-state index contributed by atoms with van der Waals surface area (Å²) in [5, 5.41) is 0.618. The zero-order chi connectivity index (χ0) is 11.7. The van der Waals surface area contributed by atoms with Gasteiger partial charge in [0.15, 0.2) is 0 Å². The smallest absolute Gasteiger partial charge is 0.243 e. The van der Waals surface area contributed by atoms with Gasteiger partial charge in [-0.05, 0) is 18.6 Å². The summed E-state index contributed by atoms with van der Waals surface area (Å²) in [6, 6.07) is 3.70. The molecule has 0 fully saturated rings. The van der Waals surface area contributed by atoms with Gasteiger partial charge in [0.05, 0.1) is 12.3 Å². The topological polar surface area (TPSA) is 29.5 Å². The van der Waals surface area contributed by atoms with E-state index in [4.69, 9.17) is 27.9 Å². The van der Waals surface area contributed by atoms with Gasteiger partial charge >= 0.3 is 0 Å². The molecule has 3 nitrogen and oxygen atoms in total. The monoisotopic (exact) mass is 259 g/mol. The fourth-order valence-electron chi connectivity index (χ4n) is 1.81. The van der Waals surface area contributed by atoms with Crippen LogP contribution in [0.3, 0.4) is 0 Å². The van der Waals surface area contributed by atoms with Crippen LogP contribution < -0.4 is 4.90 Å². The van der Waals surface area contributed by atoms with Gasteiger partial charge in [-0.1, -0.05) is 17.7 Å². The second-order valence-corrected chi connectivity index (χ2v) is 4.30. The first-order chi connectivity index (χ1) is 7.65. The van der Waals surface area contributed by atoms with Gasteiger partial charge in [-0.25, -0.2) is 0 Å². The molecule has 0 radical (unpaired) electrons. The van der Waals surface area contributed by atoms with Crippen LogP contribution in [0.1, 0.15) is 11.1 Å². The third-order valence-electron chi connectivity index (χ3n) is 2.58. The molecule has 1 aliphatic rings. The summed E-state index contributed by atoms with van der Waals surface area (Å²) in [7, 11) is 0. The number of carbonyl (C=O) groups is 1. The zero-order valence-electron chi connectivity index (χ0n) is 8.80. The number of anilines is 1. The van der Waals surface area contributed by atoms with Crippen molar-refractivity contribution < 1.29 is 9.53 Å². The van der Waals surface area contributed by atoms with E-state index >= 15 is 0 Å². The van der Waals surface area contributed by atoms with E-state index in [0.29, 0.717) is 11.6 Å². The lowest BCUT2D eigenvalue weighted by Gasteiger charge is -2.31. The van der Waals surface area contributed by atoms with E-state index in [9.17, 15) is 4.79 Å². The average molecular weight is 260 g/mol. The quantitative estimate of drug-likeness (QED) is 0.726. The Kier molecular flexibility index (Phi) is 3.38. The van der Waals surface area contributed by atoms with Gasteiger partial charge in [0.1, 0.15) is 12.6 Å². The Hall–Kier alpha value is -0.770. The summed E-state index contributed by atoms with van der Waals surface area (Å²) >= 11 is 11.6. The minimum Gasteiger partial charge on any atom is -0.356 e. The number of halogens is 2. The standard InChI is InChI=1S/C11H11Cl2NO2/c1-7-2-3-9(13)8-5-16-6-14(11(7)8)10(15)4-12/h2-3H,4-6H2,1H3. The van der Waals surface area contributed by atoms with Crippen molar-refractivity contribution in [2.45, 2.75) is 13.5 Å². The van der Waals surface area contributed by atoms with Crippen molar-refractivity contribution in [3.05, 3.63) is 28.3 Å². The molecule has 1 aromatic rings. The molecule has 1 heterocycles. The number of benzene rings is 1. The maximum absolute atomic E-state index is 11.7. The van der Waals surface area contributed by atoms with Gasteiger partial charge in [0.2, 0.25) is 5.91 Å². The van der Waals surface area contributed by atoms with Crippen LogP contribution >= 0.6 is 23.2 Å². The van der Waals surface area contributed by atoms with E-state index in [0.717, 1.165) is 16.8 Å². The molecular formula is C11H11Cl2NO2. The summed E-state index contributed by atoms with van der Waals surface area (Å²) in [6.45, 7) is 2.61. The highest BCUT2D eigenvalue weighted by molar-refractivity contribution is 6.32. The largest absolute Gasteiger partial charge is 0.356 e. The molecule has 1 aliphatic heterocycles. The lowest BCUT2D eigenvalue weighted by Crippen LogP contribution is -2.38. The van der Waals surface area contributed by atoms with E-state index < -0.39 is 0 Å². The molecule has 2 rings (SSSR count). The summed E-state index contributed by atoms with van der Waals surface area (Å²) in [6.07, 6.45) is 0. The second-order valence-electron chi connectivity index (χ2n) is 3.62. The van der Waals surface area contributed by atoms with Gasteiger partial charge in [-0.15, -0.1) is 11.6 Å². The number of fused-ring (bicyclic) bond motifs is 1. The summed E-state index contributed by atoms with van der Waals surface area (Å²) in [4.78, 5) is 13.2. The molecule has 1 aromatic carbocycles. The maximum Gasteiger partial charge on any atom is 0.243 e. The van der Waals surface area contributed by atoms with E-state index in [1.165, 1.54) is 4.90 Å². The average Bonchev–Trinajstić information content (AvgIpc) is 2.32. The first-order valence-corrected chi connectivity index (χ1v) is 5.78. The van der Waals surface area contributed by atoms with Gasteiger partial charge in [0.25, 0.3) is 0 Å². The van der Waals surface area contributed by atoms with Crippen molar-refractivity contribution in [1.29, 1.82) is 0 Å². The highest BCUT2D eigenvalue weighted by Crippen LogP contribution is 2.34. The number of hydrogen-bond acceptors (Lipinski definition) is 2. The van der Waals surface area contributed by atoms with Crippen molar-refractivity contribution in [1.82, 2.24) is 0 Å². The molecule has 0 bridgehead atoms. The number of alkyl halides is 1. The number of amides is 1. The second kappa shape index (κ2) is 4.62. The SMILES string of the molecule is Cc1ccc(Cl)c2c1N(C(=O)CCl)COC2. The van der Waals surface area contributed by atoms with E-state index in [-0.39, 0.29) is 18.5 Å². The Morgan fingerprint density at radius 3 is 3.00 bits per heavy atom. The Bertz CT molecular complexity index is 434. The van der Waals surface area contributed by atoms with Crippen LogP contribution in [-0.4, -0.2) is 18.5 Å². The molecule has 0 aliphatic carbocycles. The van der Waals surface area contributed by atoms with Crippen molar-refractivity contribution in [3.8, 4) is 0 Å². The predicted molar refractivity (Wildman–Crippen MR) is 64.1 cm³/mol. The summed E-state index contributed by atoms with van der Waals surface area (Å²) in [5.74, 6) is -0.234. The molecule has 0 saturated carbocycles. The Morgan fingerprint density at radius 1 is 1.56 bits per heavy atom. The number of nitrogens with zero attached hydrogens (tertiary/aromatic N) is 1. The van der Waals surface area contributed by atoms with Crippen molar-refractivity contribution in [2.24, 2.45) is 0 Å². The molecule has 86 valence electrons. The highest BCUT2D eigenvalue weighted by Gasteiger charge is 2.25. The van der Waals surface area contributed by atoms with Crippen LogP contribution in [0.2, 0.25) is 5.02 Å². The lowest BCUT2D eigenvalue weighted by atomic mass is 10.1. The van der Waals surface area contributed by atoms with Crippen LogP contribution in [-0.2, 0) is 16.1 Å². The third kappa shape index (κ3) is 1.90. The van der Waals surface area contributed by atoms with E-state index in [1.54, 1.807) is 0 Å². The fourth-order valence-corrected chi connectivity index (χ4v) is 2.17. The zero-order valence-corrected chi connectivity index (χ0v) is 10.3. The fraction of sp³-hybridized carbons (Fsp3) is 0.364. The molecule has 16 heavy (non-hydrogen) atoms. The van der Waals surface area contributed by atoms with Gasteiger partial charge in [0, 0.05) is 10.6 Å². The summed E-state index contributed by atoms with van der Waals surface area (Å²) < 4.78 is 5.33. The van der Waals surface area contributed by atoms with Gasteiger partial charge < -0.3 is 4.74 Å². The molecule has 0 N–H and O–H groups in total. The minimum absolute atomic E-state index is 0.0608. The molecular weight excluding hydrogens is 249 g/mol. The van der Waals surface area contributed by atoms with Crippen molar-refractivity contribution in [2.75, 3.05) is 17.5 Å². The molecule has 1 amide bonds. The Labute approximate surface area is 104 Å². The van der Waals surface area contributed by atoms with Crippen LogP contribution in [0.15, 0.2) is 12.1 Å². The third-order valence-corrected chi connectivity index (χ3v) is 3.16. The molecule has 0 saturated heterocycles. The summed E-state index contributed by atoms with van der Waals surface area (Å²) in [5.41, 5.74) is 2.69. The van der Waals surface area contributed by atoms with Crippen LogP contribution in [0, 0.1) is 6.92 Å². The molecule has 0 atom stereocenters. The normalized spacial score (nSPS) is 14.8. The lowest BCUT2D eigenvalue weighted by molar-refractivity contribution is -0.117. The number of hydrogen-bond donors (Lipinski definition) is 0. The number of rotatable bonds is 1. The first-order valence-electron chi connectivity index (χ1n) is 4.87. The highest BCUT2D eigenvalue weighted by atomic mass is 35.5. The Morgan fingerprint density at radius 2 is 2.31 bits per heavy atom. The predicted octanol–water partition coefficient (Wildman–Crippen LogP) is 2.71. The van der Waals surface area contributed by atoms with E-state index in [2.05, 4.69) is 0 Å². The number of aryl methyl sites for hydroxylation is 1. The minimum atomic E-state index is -0.173. The molecule has 5 heteroatoms. The number of carbonyl (C=O) groups excluding carboxylic acids is 1. The first kappa shape index (κ1) is 11.7. The van der Waals surface area contributed by atoms with Crippen LogP contribution in [0.25, 0.3) is 0 Å². The molecule has 0 unspecified atom stereocenters. The van der Waals surface area contributed by atoms with Crippen LogP contribution in [0.5, 0.6) is 0 Å². The number of ether oxygens (including phenoxy) is 1. The van der Waals surface area contributed by atoms with Gasteiger partial charge in [-0.3, -0.25) is 9.69 Å². The van der Waals surface area contributed by atoms with Crippen LogP contribution in [0.4, 0.5) is 5.69 Å². The molecule has 0 spiro atoms. The Balaban J connectivity index is 2.53.